The van der Waals surface area contributed by atoms with E-state index in [-0.39, 0.29) is 17.0 Å². The second-order valence-electron chi connectivity index (χ2n) is 1.85. The van der Waals surface area contributed by atoms with E-state index in [1.807, 2.05) is 12.1 Å². The van der Waals surface area contributed by atoms with E-state index >= 15 is 0 Å². The zero-order valence-corrected chi connectivity index (χ0v) is 10.4. The summed E-state index contributed by atoms with van der Waals surface area (Å²) in [5.74, 6) is 0.937. The van der Waals surface area contributed by atoms with Gasteiger partial charge in [0.15, 0.2) is 0 Å². The van der Waals surface area contributed by atoms with Gasteiger partial charge in [-0.25, -0.2) is 0 Å². The predicted molar refractivity (Wildman–Crippen MR) is 32.6 cm³/mol. The Morgan fingerprint density at radius 2 is 1.70 bits per heavy atom. The van der Waals surface area contributed by atoms with Crippen LogP contribution in [0.25, 0.3) is 0 Å². The Balaban J connectivity index is 0.000000810. The maximum absolute atomic E-state index is 4.98. The molecule has 1 aromatic rings. The van der Waals surface area contributed by atoms with E-state index in [9.17, 15) is 0 Å². The van der Waals surface area contributed by atoms with Crippen LogP contribution in [0, 0.1) is 0 Å². The van der Waals surface area contributed by atoms with E-state index in [1.54, 1.807) is 7.11 Å². The number of hydrogen-bond donors (Lipinski definition) is 0. The largest absolute Gasteiger partial charge is 1.00 e. The Kier molecular flexibility index (Phi) is 4.93. The Labute approximate surface area is 81.2 Å². The van der Waals surface area contributed by atoms with E-state index in [0.29, 0.717) is 0 Å². The first-order valence-electron chi connectivity index (χ1n) is 2.79. The van der Waals surface area contributed by atoms with Crippen molar-refractivity contribution in [2.75, 3.05) is 7.11 Å². The zero-order valence-electron chi connectivity index (χ0n) is 5.80. The van der Waals surface area contributed by atoms with Crippen LogP contribution in [-0.4, -0.2) is 7.11 Å². The molecular weight excluding hydrogens is 245 g/mol. The minimum Gasteiger partial charge on any atom is -1.00 e. The van der Waals surface area contributed by atoms with Crippen molar-refractivity contribution in [3.05, 3.63) is 24.3 Å². The van der Waals surface area contributed by atoms with Gasteiger partial charge >= 0.3 is 64.3 Å². The summed E-state index contributed by atoms with van der Waals surface area (Å²) in [7, 11) is 1.68. The van der Waals surface area contributed by atoms with E-state index in [2.05, 4.69) is 12.1 Å². The number of methoxy groups -OCH3 is 1. The first kappa shape index (κ1) is 10.1. The van der Waals surface area contributed by atoms with Crippen molar-refractivity contribution in [3.8, 4) is 5.75 Å². The summed E-state index contributed by atoms with van der Waals surface area (Å²) < 4.78 is 6.37. The third-order valence-corrected chi connectivity index (χ3v) is 2.15. The van der Waals surface area contributed by atoms with E-state index < -0.39 is 0 Å². The first-order chi connectivity index (χ1) is 4.33. The number of benzene rings is 1. The molecule has 1 rings (SSSR count). The monoisotopic (exact) mass is 250 g/mol. The summed E-state index contributed by atoms with van der Waals surface area (Å²) in [5.41, 5.74) is 0. The number of ether oxygens (including phenoxy) is 1. The molecule has 0 aromatic heterocycles. The van der Waals surface area contributed by atoms with Gasteiger partial charge in [-0.1, -0.05) is 0 Å². The first-order valence-corrected chi connectivity index (χ1v) is 4.27. The molecule has 1 aromatic carbocycles. The fraction of sp³-hybridized carbons (Fsp3) is 0.143. The third-order valence-electron chi connectivity index (χ3n) is 1.16. The molecule has 0 atom stereocenters. The fourth-order valence-corrected chi connectivity index (χ4v) is 1.12. The van der Waals surface area contributed by atoms with Gasteiger partial charge in [-0.15, -0.1) is 0 Å². The van der Waals surface area contributed by atoms with Crippen molar-refractivity contribution in [1.29, 1.82) is 0 Å². The average molecular weight is 252 g/mol. The Morgan fingerprint density at radius 3 is 2.10 bits per heavy atom. The summed E-state index contributed by atoms with van der Waals surface area (Å²) in [6.07, 6.45) is 0. The van der Waals surface area contributed by atoms with Gasteiger partial charge in [0.2, 0.25) is 0 Å². The summed E-state index contributed by atoms with van der Waals surface area (Å²) >= 11 is 1.21. The van der Waals surface area contributed by atoms with Crippen LogP contribution in [0.3, 0.4) is 0 Å². The standard InChI is InChI=1S/C7H7O.BrH.Zn/c1-8-7-5-3-2-4-6-7;;/h3-6H,1H3;1H;/q;;+1/p-1. The number of rotatable bonds is 1. The molecule has 10 heavy (non-hydrogen) atoms. The van der Waals surface area contributed by atoms with E-state index in [4.69, 9.17) is 4.74 Å². The third kappa shape index (κ3) is 2.80. The van der Waals surface area contributed by atoms with Gasteiger partial charge in [0, 0.05) is 0 Å². The number of hydrogen-bond acceptors (Lipinski definition) is 1. The SMILES string of the molecule is COc1cc[c]([Zn+])cc1.[Br-]. The van der Waals surface area contributed by atoms with Crippen LogP contribution >= 0.6 is 0 Å². The second-order valence-corrected chi connectivity index (χ2v) is 3.56. The van der Waals surface area contributed by atoms with Crippen LogP contribution in [0.1, 0.15) is 0 Å². The fourth-order valence-electron chi connectivity index (χ4n) is 0.626. The van der Waals surface area contributed by atoms with Crippen molar-refractivity contribution in [3.63, 3.8) is 0 Å². The second kappa shape index (κ2) is 4.87. The van der Waals surface area contributed by atoms with Crippen molar-refractivity contribution >= 4 is 4.16 Å². The van der Waals surface area contributed by atoms with Crippen LogP contribution < -0.4 is 25.9 Å². The maximum Gasteiger partial charge on any atom is -1.00 e. The van der Waals surface area contributed by atoms with Crippen LogP contribution in [-0.2, 0) is 18.3 Å². The molecule has 0 saturated carbocycles. The van der Waals surface area contributed by atoms with Gasteiger partial charge in [0.1, 0.15) is 0 Å². The summed E-state index contributed by atoms with van der Waals surface area (Å²) in [6, 6.07) is 8.13. The Bertz CT molecular complexity index is 185. The minimum absolute atomic E-state index is 0. The summed E-state index contributed by atoms with van der Waals surface area (Å²) in [5, 5.41) is 0. The summed E-state index contributed by atoms with van der Waals surface area (Å²) in [4.78, 5) is 0. The van der Waals surface area contributed by atoms with Gasteiger partial charge in [0.05, 0.1) is 0 Å². The van der Waals surface area contributed by atoms with Crippen molar-refractivity contribution in [1.82, 2.24) is 0 Å². The quantitative estimate of drug-likeness (QED) is 0.519. The molecule has 50 valence electrons. The minimum atomic E-state index is 0. The number of halogens is 1. The molecule has 0 radical (unpaired) electrons. The Hall–Kier alpha value is 0.123. The molecule has 0 aliphatic rings. The van der Waals surface area contributed by atoms with E-state index in [1.165, 1.54) is 22.5 Å². The van der Waals surface area contributed by atoms with Crippen LogP contribution in [0.2, 0.25) is 0 Å². The molecule has 0 heterocycles. The van der Waals surface area contributed by atoms with Crippen molar-refractivity contribution in [2.24, 2.45) is 0 Å². The molecule has 0 spiro atoms. The topological polar surface area (TPSA) is 9.23 Å². The van der Waals surface area contributed by atoms with Crippen LogP contribution in [0.15, 0.2) is 24.3 Å². The maximum atomic E-state index is 4.98. The van der Waals surface area contributed by atoms with Crippen LogP contribution in [0.4, 0.5) is 0 Å². The molecule has 0 unspecified atom stereocenters. The molecule has 0 N–H and O–H groups in total. The molecule has 0 amide bonds. The smallest absolute Gasteiger partial charge is 1.00 e. The average Bonchev–Trinajstić information content (AvgIpc) is 1.90. The molecular formula is C7H7BrOZn. The van der Waals surface area contributed by atoms with E-state index in [0.717, 1.165) is 5.75 Å². The molecule has 0 bridgehead atoms. The molecule has 1 nitrogen and oxygen atoms in total. The van der Waals surface area contributed by atoms with Gasteiger partial charge in [0.25, 0.3) is 0 Å². The molecule has 3 heteroatoms. The molecule has 0 fully saturated rings. The van der Waals surface area contributed by atoms with Gasteiger partial charge in [-0.2, -0.15) is 0 Å². The van der Waals surface area contributed by atoms with Gasteiger partial charge in [-0.05, 0) is 0 Å². The van der Waals surface area contributed by atoms with Crippen molar-refractivity contribution < 1.29 is 40.0 Å². The van der Waals surface area contributed by atoms with Gasteiger partial charge in [-0.3, -0.25) is 0 Å². The Morgan fingerprint density at radius 1 is 1.20 bits per heavy atom. The van der Waals surface area contributed by atoms with Gasteiger partial charge < -0.3 is 17.0 Å². The van der Waals surface area contributed by atoms with Crippen molar-refractivity contribution in [2.45, 2.75) is 0 Å². The van der Waals surface area contributed by atoms with Crippen LogP contribution in [0.5, 0.6) is 5.75 Å². The zero-order chi connectivity index (χ0) is 6.69. The molecule has 0 aliphatic carbocycles. The summed E-state index contributed by atoms with van der Waals surface area (Å²) in [6.45, 7) is 0. The molecule has 0 saturated heterocycles. The molecule has 0 aliphatic heterocycles. The predicted octanol–water partition coefficient (Wildman–Crippen LogP) is -2.13. The normalized spacial score (nSPS) is 8.30.